The quantitative estimate of drug-likeness (QED) is 0.906. The Hall–Kier alpha value is -2.13. The van der Waals surface area contributed by atoms with Gasteiger partial charge >= 0.3 is 0 Å². The molecule has 1 fully saturated rings. The Labute approximate surface area is 124 Å². The fourth-order valence-corrected chi connectivity index (χ4v) is 3.47. The number of benzene rings is 2. The zero-order chi connectivity index (χ0) is 14.2. The van der Waals surface area contributed by atoms with E-state index in [9.17, 15) is 4.79 Å². The third-order valence-electron chi connectivity index (χ3n) is 4.49. The van der Waals surface area contributed by atoms with Crippen LogP contribution in [0.3, 0.4) is 0 Å². The molecule has 4 rings (SSSR count). The maximum absolute atomic E-state index is 11.3. The molecular formula is C18H18N2O. The van der Waals surface area contributed by atoms with Crippen LogP contribution in [0.15, 0.2) is 48.5 Å². The largest absolute Gasteiger partial charge is 0.352 e. The maximum Gasteiger partial charge on any atom is 0.220 e. The highest BCUT2D eigenvalue weighted by atomic mass is 16.1. The number of hydrogen-bond acceptors (Lipinski definition) is 2. The third-order valence-corrected chi connectivity index (χ3v) is 4.49. The summed E-state index contributed by atoms with van der Waals surface area (Å²) in [5.74, 6) is 0.175. The first-order valence-electron chi connectivity index (χ1n) is 7.54. The van der Waals surface area contributed by atoms with Crippen molar-refractivity contribution in [2.75, 3.05) is 6.54 Å². The van der Waals surface area contributed by atoms with E-state index in [4.69, 9.17) is 0 Å². The lowest BCUT2D eigenvalue weighted by Gasteiger charge is -2.19. The molecule has 0 radical (unpaired) electrons. The van der Waals surface area contributed by atoms with Crippen LogP contribution in [0.1, 0.15) is 30.0 Å². The van der Waals surface area contributed by atoms with Gasteiger partial charge in [-0.3, -0.25) is 4.79 Å². The number of rotatable bonds is 3. The van der Waals surface area contributed by atoms with Crippen LogP contribution in [0, 0.1) is 0 Å². The van der Waals surface area contributed by atoms with Gasteiger partial charge < -0.3 is 10.6 Å². The SMILES string of the molecule is O=C1CCC(CNC2c3ccccc3-c3ccccc32)N1. The standard InChI is InChI=1S/C18H18N2O/c21-17-10-9-12(20-17)11-19-18-15-7-3-1-5-13(15)14-6-2-4-8-16(14)18/h1-8,12,18-19H,9-11H2,(H,20,21). The third kappa shape index (κ3) is 2.14. The molecule has 2 aliphatic rings. The summed E-state index contributed by atoms with van der Waals surface area (Å²) in [4.78, 5) is 11.3. The number of amides is 1. The van der Waals surface area contributed by atoms with Crippen LogP contribution in [0.25, 0.3) is 11.1 Å². The van der Waals surface area contributed by atoms with Gasteiger partial charge in [-0.25, -0.2) is 0 Å². The predicted octanol–water partition coefficient (Wildman–Crippen LogP) is 2.62. The highest BCUT2D eigenvalue weighted by Crippen LogP contribution is 2.42. The molecule has 2 N–H and O–H groups in total. The Kier molecular flexibility index (Phi) is 3.00. The van der Waals surface area contributed by atoms with E-state index >= 15 is 0 Å². The highest BCUT2D eigenvalue weighted by molar-refractivity contribution is 5.79. The summed E-state index contributed by atoms with van der Waals surface area (Å²) < 4.78 is 0. The average Bonchev–Trinajstić information content (AvgIpc) is 3.07. The van der Waals surface area contributed by atoms with Crippen LogP contribution in [-0.2, 0) is 4.79 Å². The molecule has 0 spiro atoms. The van der Waals surface area contributed by atoms with Crippen LogP contribution in [0.4, 0.5) is 0 Å². The van der Waals surface area contributed by atoms with E-state index in [1.807, 2.05) is 0 Å². The van der Waals surface area contributed by atoms with Crippen molar-refractivity contribution in [3.05, 3.63) is 59.7 Å². The van der Waals surface area contributed by atoms with Crippen molar-refractivity contribution >= 4 is 5.91 Å². The summed E-state index contributed by atoms with van der Waals surface area (Å²) in [6, 6.07) is 17.6. The summed E-state index contributed by atoms with van der Waals surface area (Å²) in [6.45, 7) is 0.819. The summed E-state index contributed by atoms with van der Waals surface area (Å²) in [7, 11) is 0. The van der Waals surface area contributed by atoms with E-state index in [0.717, 1.165) is 13.0 Å². The molecule has 2 aromatic carbocycles. The van der Waals surface area contributed by atoms with Crippen LogP contribution in [0.2, 0.25) is 0 Å². The predicted molar refractivity (Wildman–Crippen MR) is 82.9 cm³/mol. The van der Waals surface area contributed by atoms with Gasteiger partial charge in [-0.1, -0.05) is 48.5 Å². The number of fused-ring (bicyclic) bond motifs is 3. The average molecular weight is 278 g/mol. The first-order chi connectivity index (χ1) is 10.3. The number of carbonyl (C=O) groups excluding carboxylic acids is 1. The molecule has 0 saturated carbocycles. The van der Waals surface area contributed by atoms with Crippen LogP contribution in [-0.4, -0.2) is 18.5 Å². The molecule has 3 nitrogen and oxygen atoms in total. The first kappa shape index (κ1) is 12.6. The Bertz CT molecular complexity index is 650. The number of carbonyl (C=O) groups is 1. The molecule has 1 atom stereocenters. The lowest BCUT2D eigenvalue weighted by molar-refractivity contribution is -0.119. The molecule has 1 aliphatic heterocycles. The molecular weight excluding hydrogens is 260 g/mol. The molecule has 0 bridgehead atoms. The van der Waals surface area contributed by atoms with Gasteiger partial charge in [0.25, 0.3) is 0 Å². The lowest BCUT2D eigenvalue weighted by atomic mass is 10.0. The fraction of sp³-hybridized carbons (Fsp3) is 0.278. The minimum atomic E-state index is 0.175. The van der Waals surface area contributed by atoms with E-state index in [1.165, 1.54) is 22.3 Å². The van der Waals surface area contributed by atoms with Gasteiger partial charge in [0.2, 0.25) is 5.91 Å². The van der Waals surface area contributed by atoms with E-state index < -0.39 is 0 Å². The maximum atomic E-state index is 11.3. The summed E-state index contributed by atoms with van der Waals surface area (Å²) in [5.41, 5.74) is 5.31. The van der Waals surface area contributed by atoms with Crippen molar-refractivity contribution in [1.82, 2.24) is 10.6 Å². The smallest absolute Gasteiger partial charge is 0.220 e. The van der Waals surface area contributed by atoms with E-state index in [1.54, 1.807) is 0 Å². The van der Waals surface area contributed by atoms with Crippen LogP contribution in [0.5, 0.6) is 0 Å². The Morgan fingerprint density at radius 3 is 2.19 bits per heavy atom. The highest BCUT2D eigenvalue weighted by Gasteiger charge is 2.29. The van der Waals surface area contributed by atoms with Crippen LogP contribution < -0.4 is 10.6 Å². The van der Waals surface area contributed by atoms with Crippen molar-refractivity contribution in [3.8, 4) is 11.1 Å². The minimum Gasteiger partial charge on any atom is -0.352 e. The zero-order valence-corrected chi connectivity index (χ0v) is 11.8. The molecule has 1 saturated heterocycles. The number of nitrogens with one attached hydrogen (secondary N) is 2. The molecule has 1 heterocycles. The summed E-state index contributed by atoms with van der Waals surface area (Å²) in [5, 5.41) is 6.67. The molecule has 106 valence electrons. The van der Waals surface area contributed by atoms with Gasteiger partial charge in [0.1, 0.15) is 0 Å². The van der Waals surface area contributed by atoms with Crippen molar-refractivity contribution in [1.29, 1.82) is 0 Å². The topological polar surface area (TPSA) is 41.1 Å². The minimum absolute atomic E-state index is 0.175. The van der Waals surface area contributed by atoms with Crippen molar-refractivity contribution in [2.24, 2.45) is 0 Å². The summed E-state index contributed by atoms with van der Waals surface area (Å²) in [6.07, 6.45) is 1.59. The molecule has 0 aromatic heterocycles. The van der Waals surface area contributed by atoms with Crippen LogP contribution >= 0.6 is 0 Å². The molecule has 21 heavy (non-hydrogen) atoms. The summed E-state index contributed by atoms with van der Waals surface area (Å²) >= 11 is 0. The van der Waals surface area contributed by atoms with Gasteiger partial charge in [0.15, 0.2) is 0 Å². The molecule has 1 aliphatic carbocycles. The second-order valence-electron chi connectivity index (χ2n) is 5.82. The molecule has 1 unspecified atom stereocenters. The molecule has 1 amide bonds. The molecule has 2 aromatic rings. The fourth-order valence-electron chi connectivity index (χ4n) is 3.47. The van der Waals surface area contributed by atoms with Gasteiger partial charge in [-0.2, -0.15) is 0 Å². The second-order valence-corrected chi connectivity index (χ2v) is 5.82. The van der Waals surface area contributed by atoms with E-state index in [2.05, 4.69) is 59.2 Å². The Morgan fingerprint density at radius 1 is 1.00 bits per heavy atom. The first-order valence-corrected chi connectivity index (χ1v) is 7.54. The second kappa shape index (κ2) is 5.01. The number of hydrogen-bond donors (Lipinski definition) is 2. The van der Waals surface area contributed by atoms with Gasteiger partial charge in [-0.15, -0.1) is 0 Å². The normalized spacial score (nSPS) is 20.2. The van der Waals surface area contributed by atoms with E-state index in [0.29, 0.717) is 6.42 Å². The van der Waals surface area contributed by atoms with Crippen molar-refractivity contribution in [2.45, 2.75) is 24.9 Å². The zero-order valence-electron chi connectivity index (χ0n) is 11.8. The van der Waals surface area contributed by atoms with E-state index in [-0.39, 0.29) is 18.0 Å². The molecule has 3 heteroatoms. The van der Waals surface area contributed by atoms with Crippen molar-refractivity contribution < 1.29 is 4.79 Å². The lowest BCUT2D eigenvalue weighted by Crippen LogP contribution is -2.37. The van der Waals surface area contributed by atoms with Gasteiger partial charge in [0.05, 0.1) is 6.04 Å². The van der Waals surface area contributed by atoms with Gasteiger partial charge in [-0.05, 0) is 28.7 Å². The van der Waals surface area contributed by atoms with Crippen molar-refractivity contribution in [3.63, 3.8) is 0 Å². The monoisotopic (exact) mass is 278 g/mol. The Morgan fingerprint density at radius 2 is 1.62 bits per heavy atom. The van der Waals surface area contributed by atoms with Gasteiger partial charge in [0, 0.05) is 19.0 Å². The Balaban J connectivity index is 1.61.